The van der Waals surface area contributed by atoms with Crippen LogP contribution in [0.4, 0.5) is 4.39 Å². The fraction of sp³-hybridized carbons (Fsp3) is 0.462. The maximum atomic E-state index is 14.2. The molecule has 0 amide bonds. The molecule has 1 heterocycles. The van der Waals surface area contributed by atoms with E-state index in [9.17, 15) is 22.7 Å². The van der Waals surface area contributed by atoms with Crippen molar-refractivity contribution >= 4 is 15.8 Å². The summed E-state index contributed by atoms with van der Waals surface area (Å²) in [6.45, 7) is 0. The summed E-state index contributed by atoms with van der Waals surface area (Å²) in [7, 11) is -3.47. The molecule has 1 fully saturated rings. The van der Waals surface area contributed by atoms with E-state index in [4.69, 9.17) is 0 Å². The number of aliphatic carboxylic acids is 1. The third kappa shape index (κ3) is 2.78. The summed E-state index contributed by atoms with van der Waals surface area (Å²) >= 11 is 0. The molecule has 0 spiro atoms. The summed E-state index contributed by atoms with van der Waals surface area (Å²) in [6, 6.07) is 8.73. The normalized spacial score (nSPS) is 29.8. The van der Waals surface area contributed by atoms with Gasteiger partial charge in [0.2, 0.25) is 0 Å². The first kappa shape index (κ1) is 14.0. The number of rotatable bonds is 3. The molecular weight excluding hydrogens is 271 g/mol. The smallest absolute Gasteiger partial charge is 0.313 e. The predicted octanol–water partition coefficient (Wildman–Crippen LogP) is 1.46. The van der Waals surface area contributed by atoms with E-state index < -0.39 is 33.1 Å². The van der Waals surface area contributed by atoms with Gasteiger partial charge in [0, 0.05) is 0 Å². The van der Waals surface area contributed by atoms with Gasteiger partial charge in [0.15, 0.2) is 9.84 Å². The van der Waals surface area contributed by atoms with E-state index in [1.165, 1.54) is 0 Å². The molecule has 19 heavy (non-hydrogen) atoms. The second-order valence-electron chi connectivity index (χ2n) is 4.96. The van der Waals surface area contributed by atoms with Crippen LogP contribution in [-0.2, 0) is 21.1 Å². The third-order valence-corrected chi connectivity index (χ3v) is 5.27. The fourth-order valence-electron chi connectivity index (χ4n) is 2.44. The van der Waals surface area contributed by atoms with Gasteiger partial charge in [-0.1, -0.05) is 30.3 Å². The van der Waals surface area contributed by atoms with Crippen LogP contribution >= 0.6 is 0 Å². The summed E-state index contributed by atoms with van der Waals surface area (Å²) in [5, 5.41) is 9.36. The molecule has 2 unspecified atom stereocenters. The minimum absolute atomic E-state index is 0.0137. The number of hydrogen-bond donors (Lipinski definition) is 1. The molecule has 0 bridgehead atoms. The van der Waals surface area contributed by atoms with Gasteiger partial charge in [0.25, 0.3) is 0 Å². The highest BCUT2D eigenvalue weighted by molar-refractivity contribution is 7.91. The Morgan fingerprint density at radius 3 is 2.53 bits per heavy atom. The quantitative estimate of drug-likeness (QED) is 0.913. The Hall–Kier alpha value is -1.43. The lowest BCUT2D eigenvalue weighted by Crippen LogP contribution is -2.50. The van der Waals surface area contributed by atoms with Crippen molar-refractivity contribution in [1.29, 1.82) is 0 Å². The molecule has 2 atom stereocenters. The number of carboxylic acids is 1. The number of alkyl halides is 1. The summed E-state index contributed by atoms with van der Waals surface area (Å²) < 4.78 is 37.0. The van der Waals surface area contributed by atoms with E-state index in [-0.39, 0.29) is 18.6 Å². The van der Waals surface area contributed by atoms with Crippen molar-refractivity contribution in [3.63, 3.8) is 0 Å². The molecule has 4 nitrogen and oxygen atoms in total. The zero-order valence-electron chi connectivity index (χ0n) is 10.3. The first-order chi connectivity index (χ1) is 8.86. The van der Waals surface area contributed by atoms with Crippen molar-refractivity contribution in [3.8, 4) is 0 Å². The standard InChI is InChI=1S/C13H15FO4S/c14-11-9-19(17,18)7-6-13(11,12(15)16)8-10-4-2-1-3-5-10/h1-5,11H,6-9H2,(H,15,16). The third-order valence-electron chi connectivity index (χ3n) is 3.65. The second-order valence-corrected chi connectivity index (χ2v) is 7.18. The van der Waals surface area contributed by atoms with Crippen LogP contribution in [0.2, 0.25) is 0 Å². The van der Waals surface area contributed by atoms with E-state index in [0.717, 1.165) is 0 Å². The monoisotopic (exact) mass is 286 g/mol. The highest BCUT2D eigenvalue weighted by Crippen LogP contribution is 2.38. The molecule has 0 saturated carbocycles. The lowest BCUT2D eigenvalue weighted by Gasteiger charge is -2.36. The average molecular weight is 286 g/mol. The molecule has 1 aliphatic rings. The van der Waals surface area contributed by atoms with Crippen LogP contribution in [0.5, 0.6) is 0 Å². The Labute approximate surface area is 111 Å². The van der Waals surface area contributed by atoms with E-state index in [1.807, 2.05) is 0 Å². The number of carbonyl (C=O) groups is 1. The largest absolute Gasteiger partial charge is 0.481 e. The van der Waals surface area contributed by atoms with Crippen LogP contribution in [0.25, 0.3) is 0 Å². The molecule has 1 aliphatic heterocycles. The van der Waals surface area contributed by atoms with Crippen LogP contribution in [0.1, 0.15) is 12.0 Å². The van der Waals surface area contributed by atoms with Gasteiger partial charge in [-0.05, 0) is 18.4 Å². The van der Waals surface area contributed by atoms with E-state index in [1.54, 1.807) is 30.3 Å². The first-order valence-electron chi connectivity index (χ1n) is 5.97. The summed E-state index contributed by atoms with van der Waals surface area (Å²) in [5.41, 5.74) is -0.931. The van der Waals surface area contributed by atoms with Gasteiger partial charge in [-0.25, -0.2) is 12.8 Å². The number of halogens is 1. The van der Waals surface area contributed by atoms with Crippen molar-refractivity contribution in [2.75, 3.05) is 11.5 Å². The van der Waals surface area contributed by atoms with Crippen molar-refractivity contribution in [2.45, 2.75) is 19.0 Å². The zero-order chi connectivity index (χ0) is 14.1. The summed E-state index contributed by atoms with van der Waals surface area (Å²) in [5.74, 6) is -2.24. The van der Waals surface area contributed by atoms with Gasteiger partial charge < -0.3 is 5.11 Å². The SMILES string of the molecule is O=C(O)C1(Cc2ccccc2)CCS(=O)(=O)CC1F. The van der Waals surface area contributed by atoms with Gasteiger partial charge in [-0.3, -0.25) is 4.79 Å². The van der Waals surface area contributed by atoms with Crippen molar-refractivity contribution in [3.05, 3.63) is 35.9 Å². The molecule has 0 aliphatic carbocycles. The highest BCUT2D eigenvalue weighted by Gasteiger charge is 2.51. The molecule has 1 aromatic carbocycles. The number of hydrogen-bond acceptors (Lipinski definition) is 3. The Kier molecular flexibility index (Phi) is 3.62. The van der Waals surface area contributed by atoms with Crippen LogP contribution in [0.3, 0.4) is 0 Å². The first-order valence-corrected chi connectivity index (χ1v) is 7.80. The molecule has 6 heteroatoms. The zero-order valence-corrected chi connectivity index (χ0v) is 11.1. The lowest BCUT2D eigenvalue weighted by atomic mass is 9.75. The molecule has 2 rings (SSSR count). The molecular formula is C13H15FO4S. The minimum Gasteiger partial charge on any atom is -0.481 e. The highest BCUT2D eigenvalue weighted by atomic mass is 32.2. The van der Waals surface area contributed by atoms with Gasteiger partial charge in [-0.15, -0.1) is 0 Å². The van der Waals surface area contributed by atoms with Crippen LogP contribution < -0.4 is 0 Å². The van der Waals surface area contributed by atoms with E-state index in [2.05, 4.69) is 0 Å². The summed E-state index contributed by atoms with van der Waals surface area (Å²) in [4.78, 5) is 11.5. The maximum absolute atomic E-state index is 14.2. The fourth-order valence-corrected chi connectivity index (χ4v) is 4.04. The maximum Gasteiger partial charge on any atom is 0.313 e. The van der Waals surface area contributed by atoms with E-state index in [0.29, 0.717) is 5.56 Å². The van der Waals surface area contributed by atoms with Gasteiger partial charge in [0.05, 0.1) is 11.5 Å². The second kappa shape index (κ2) is 4.92. The number of sulfone groups is 1. The van der Waals surface area contributed by atoms with Crippen molar-refractivity contribution in [1.82, 2.24) is 0 Å². The van der Waals surface area contributed by atoms with Gasteiger partial charge in [0.1, 0.15) is 11.6 Å². The molecule has 1 aromatic rings. The summed E-state index contributed by atoms with van der Waals surface area (Å²) in [6.07, 6.45) is -2.04. The predicted molar refractivity (Wildman–Crippen MR) is 68.4 cm³/mol. The molecule has 0 aromatic heterocycles. The number of carboxylic acid groups (broad SMARTS) is 1. The van der Waals surface area contributed by atoms with Crippen molar-refractivity contribution in [2.24, 2.45) is 5.41 Å². The Balaban J connectivity index is 2.32. The molecule has 104 valence electrons. The van der Waals surface area contributed by atoms with Crippen LogP contribution in [-0.4, -0.2) is 37.2 Å². The Morgan fingerprint density at radius 2 is 2.00 bits per heavy atom. The molecule has 0 radical (unpaired) electrons. The minimum atomic E-state index is -3.47. The van der Waals surface area contributed by atoms with Crippen molar-refractivity contribution < 1.29 is 22.7 Å². The lowest BCUT2D eigenvalue weighted by molar-refractivity contribution is -0.153. The Bertz CT molecular complexity index is 570. The van der Waals surface area contributed by atoms with Crippen LogP contribution in [0.15, 0.2) is 30.3 Å². The van der Waals surface area contributed by atoms with Crippen LogP contribution in [0, 0.1) is 5.41 Å². The average Bonchev–Trinajstić information content (AvgIpc) is 2.33. The molecule has 1 N–H and O–H groups in total. The van der Waals surface area contributed by atoms with Gasteiger partial charge in [-0.2, -0.15) is 0 Å². The topological polar surface area (TPSA) is 71.4 Å². The Morgan fingerprint density at radius 1 is 1.37 bits per heavy atom. The van der Waals surface area contributed by atoms with E-state index >= 15 is 0 Å². The number of benzene rings is 1. The van der Waals surface area contributed by atoms with Gasteiger partial charge >= 0.3 is 5.97 Å². The molecule has 1 saturated heterocycles.